The van der Waals surface area contributed by atoms with Gasteiger partial charge in [0.1, 0.15) is 0 Å². The lowest BCUT2D eigenvalue weighted by molar-refractivity contribution is 0.588. The summed E-state index contributed by atoms with van der Waals surface area (Å²) in [6.45, 7) is 1.96. The van der Waals surface area contributed by atoms with Crippen LogP contribution in [0, 0.1) is 0 Å². The quantitative estimate of drug-likeness (QED) is 0.535. The number of nitrogens with two attached hydrogens (primary N) is 1. The van der Waals surface area contributed by atoms with Gasteiger partial charge in [-0.25, -0.2) is 0 Å². The molecule has 0 saturated heterocycles. The summed E-state index contributed by atoms with van der Waals surface area (Å²) in [7, 11) is -1.35. The Morgan fingerprint density at radius 2 is 2.33 bits per heavy atom. The summed E-state index contributed by atoms with van der Waals surface area (Å²) < 4.78 is 9.97. The Morgan fingerprint density at radius 1 is 1.83 bits per heavy atom. The molecule has 3 heteroatoms. The smallest absolute Gasteiger partial charge is 0.122 e. The van der Waals surface area contributed by atoms with Gasteiger partial charge in [0.15, 0.2) is 6.16 Å². The minimum atomic E-state index is -1.35. The summed E-state index contributed by atoms with van der Waals surface area (Å²) in [5, 5.41) is 0. The maximum Gasteiger partial charge on any atom is 0.429 e. The molecular formula is C3H9NOP+. The number of rotatable bonds is 2. The molecule has 0 aliphatic carbocycles. The summed E-state index contributed by atoms with van der Waals surface area (Å²) in [5.74, 6) is 0. The molecule has 1 unspecified atom stereocenters. The first-order valence-electron chi connectivity index (χ1n) is 1.96. The van der Waals surface area contributed by atoms with E-state index in [0.717, 1.165) is 6.42 Å². The van der Waals surface area contributed by atoms with Crippen LogP contribution in [0.5, 0.6) is 0 Å². The van der Waals surface area contributed by atoms with Gasteiger partial charge in [-0.05, 0) is 6.42 Å². The Labute approximate surface area is 38.6 Å². The molecule has 0 heterocycles. The van der Waals surface area contributed by atoms with Gasteiger partial charge < -0.3 is 0 Å². The molecule has 2 N–H and O–H groups in total. The van der Waals surface area contributed by atoms with Crippen LogP contribution in [-0.4, -0.2) is 6.16 Å². The van der Waals surface area contributed by atoms with Gasteiger partial charge >= 0.3 is 7.95 Å². The Morgan fingerprint density at radius 3 is 2.33 bits per heavy atom. The lowest BCUT2D eigenvalue weighted by Gasteiger charge is -1.67. The zero-order valence-corrected chi connectivity index (χ0v) is 4.74. The van der Waals surface area contributed by atoms with E-state index >= 15 is 0 Å². The molecule has 0 radical (unpaired) electrons. The minimum absolute atomic E-state index is 0.662. The second kappa shape index (κ2) is 3.26. The van der Waals surface area contributed by atoms with Gasteiger partial charge in [0.2, 0.25) is 0 Å². The second-order valence-electron chi connectivity index (χ2n) is 1.14. The minimum Gasteiger partial charge on any atom is -0.122 e. The van der Waals surface area contributed by atoms with Crippen molar-refractivity contribution in [2.24, 2.45) is 5.50 Å². The molecule has 0 aliphatic rings. The van der Waals surface area contributed by atoms with Crippen molar-refractivity contribution in [2.45, 2.75) is 13.3 Å². The molecule has 0 saturated carbocycles. The van der Waals surface area contributed by atoms with Crippen LogP contribution in [0.15, 0.2) is 0 Å². The maximum atomic E-state index is 9.97. The molecule has 0 fully saturated rings. The topological polar surface area (TPSA) is 43.1 Å². The fourth-order valence-corrected chi connectivity index (χ4v) is 0.661. The molecule has 0 bridgehead atoms. The Balaban J connectivity index is 2.83. The van der Waals surface area contributed by atoms with Crippen molar-refractivity contribution >= 4 is 7.95 Å². The first-order chi connectivity index (χ1) is 2.77. The third-order valence-electron chi connectivity index (χ3n) is 0.444. The van der Waals surface area contributed by atoms with Crippen LogP contribution in [0.25, 0.3) is 0 Å². The fraction of sp³-hybridized carbons (Fsp3) is 1.00. The highest BCUT2D eigenvalue weighted by atomic mass is 31.1. The van der Waals surface area contributed by atoms with Crippen LogP contribution in [0.4, 0.5) is 0 Å². The summed E-state index contributed by atoms with van der Waals surface area (Å²) in [5.41, 5.74) is 4.91. The molecule has 0 aromatic carbocycles. The lowest BCUT2D eigenvalue weighted by Crippen LogP contribution is -1.81. The van der Waals surface area contributed by atoms with Crippen molar-refractivity contribution in [3.8, 4) is 0 Å². The zero-order chi connectivity index (χ0) is 4.99. The molecule has 0 aliphatic heterocycles. The summed E-state index contributed by atoms with van der Waals surface area (Å²) in [6.07, 6.45) is 1.58. The maximum absolute atomic E-state index is 9.97. The Bertz CT molecular complexity index is 54.8. The van der Waals surface area contributed by atoms with Gasteiger partial charge in [-0.2, -0.15) is 0 Å². The van der Waals surface area contributed by atoms with Gasteiger partial charge in [-0.15, -0.1) is 5.50 Å². The molecule has 1 atom stereocenters. The first kappa shape index (κ1) is 6.06. The van der Waals surface area contributed by atoms with Crippen LogP contribution in [0.2, 0.25) is 0 Å². The normalized spacial score (nSPS) is 11.3. The first-order valence-corrected chi connectivity index (χ1v) is 3.48. The van der Waals surface area contributed by atoms with E-state index in [1.54, 1.807) is 0 Å². The highest BCUT2D eigenvalue weighted by molar-refractivity contribution is 7.41. The monoisotopic (exact) mass is 106 g/mol. The highest BCUT2D eigenvalue weighted by Gasteiger charge is 2.00. The summed E-state index contributed by atoms with van der Waals surface area (Å²) >= 11 is 0. The van der Waals surface area contributed by atoms with Crippen molar-refractivity contribution < 1.29 is 4.57 Å². The van der Waals surface area contributed by atoms with Gasteiger partial charge in [0.05, 0.1) is 0 Å². The van der Waals surface area contributed by atoms with Crippen LogP contribution in [0.1, 0.15) is 13.3 Å². The van der Waals surface area contributed by atoms with Crippen molar-refractivity contribution in [3.05, 3.63) is 0 Å². The molecule has 36 valence electrons. The largest absolute Gasteiger partial charge is 0.429 e. The molecule has 2 nitrogen and oxygen atoms in total. The summed E-state index contributed by atoms with van der Waals surface area (Å²) in [4.78, 5) is 0. The predicted octanol–water partition coefficient (Wildman–Crippen LogP) is 1.10. The molecular weight excluding hydrogens is 97.0 g/mol. The van der Waals surface area contributed by atoms with Gasteiger partial charge in [0, 0.05) is 0 Å². The van der Waals surface area contributed by atoms with Gasteiger partial charge in [0.25, 0.3) is 0 Å². The van der Waals surface area contributed by atoms with Crippen LogP contribution in [0.3, 0.4) is 0 Å². The van der Waals surface area contributed by atoms with E-state index in [0.29, 0.717) is 6.16 Å². The van der Waals surface area contributed by atoms with E-state index in [1.165, 1.54) is 0 Å². The van der Waals surface area contributed by atoms with E-state index in [2.05, 4.69) is 0 Å². The Hall–Kier alpha value is 0.0600. The molecule has 0 rings (SSSR count). The fourth-order valence-electron chi connectivity index (χ4n) is 0.220. The zero-order valence-electron chi connectivity index (χ0n) is 3.85. The van der Waals surface area contributed by atoms with Crippen molar-refractivity contribution in [3.63, 3.8) is 0 Å². The second-order valence-corrected chi connectivity index (χ2v) is 2.42. The molecule has 0 amide bonds. The average Bonchev–Trinajstić information content (AvgIpc) is 1.35. The van der Waals surface area contributed by atoms with Crippen LogP contribution >= 0.6 is 7.95 Å². The number of hydrogen-bond acceptors (Lipinski definition) is 1. The van der Waals surface area contributed by atoms with Crippen LogP contribution in [-0.2, 0) is 4.57 Å². The lowest BCUT2D eigenvalue weighted by atomic mass is 10.6. The van der Waals surface area contributed by atoms with Gasteiger partial charge in [-0.3, -0.25) is 0 Å². The summed E-state index contributed by atoms with van der Waals surface area (Å²) in [6, 6.07) is 0. The van der Waals surface area contributed by atoms with E-state index in [1.807, 2.05) is 6.92 Å². The van der Waals surface area contributed by atoms with Gasteiger partial charge in [-0.1, -0.05) is 11.5 Å². The molecule has 0 spiro atoms. The van der Waals surface area contributed by atoms with E-state index in [-0.39, 0.29) is 0 Å². The Kier molecular flexibility index (Phi) is 3.29. The van der Waals surface area contributed by atoms with E-state index < -0.39 is 7.95 Å². The third kappa shape index (κ3) is 4.06. The van der Waals surface area contributed by atoms with Crippen LogP contribution < -0.4 is 5.50 Å². The van der Waals surface area contributed by atoms with E-state index in [9.17, 15) is 4.57 Å². The van der Waals surface area contributed by atoms with Crippen molar-refractivity contribution in [2.75, 3.05) is 6.16 Å². The highest BCUT2D eigenvalue weighted by Crippen LogP contribution is 2.06. The SMILES string of the molecule is CCC[P+](N)=O. The van der Waals surface area contributed by atoms with Crippen molar-refractivity contribution in [1.82, 2.24) is 0 Å². The predicted molar refractivity (Wildman–Crippen MR) is 27.0 cm³/mol. The number of hydrogen-bond donors (Lipinski definition) is 1. The van der Waals surface area contributed by atoms with Crippen molar-refractivity contribution in [1.29, 1.82) is 0 Å². The third-order valence-corrected chi connectivity index (χ3v) is 1.33. The molecule has 6 heavy (non-hydrogen) atoms. The molecule has 0 aromatic rings. The standard InChI is InChI=1S/C3H9NOP/c1-2-3-6(4)5/h2-3H2,1H3,(H2,4,5)/q+1. The molecule has 0 aromatic heterocycles. The van der Waals surface area contributed by atoms with E-state index in [4.69, 9.17) is 5.50 Å². The average molecular weight is 106 g/mol.